The van der Waals surface area contributed by atoms with Crippen LogP contribution in [0.25, 0.3) is 11.1 Å². The maximum Gasteiger partial charge on any atom is 0.317 e. The molecule has 1 aliphatic rings. The fourth-order valence-electron chi connectivity index (χ4n) is 3.18. The van der Waals surface area contributed by atoms with E-state index in [2.05, 4.69) is 11.8 Å². The quantitative estimate of drug-likeness (QED) is 0.549. The summed E-state index contributed by atoms with van der Waals surface area (Å²) in [6.07, 6.45) is 0. The van der Waals surface area contributed by atoms with E-state index >= 15 is 0 Å². The van der Waals surface area contributed by atoms with Crippen molar-refractivity contribution in [3.05, 3.63) is 33.1 Å². The van der Waals surface area contributed by atoms with Crippen LogP contribution in [0, 0.1) is 17.3 Å². The molecule has 0 saturated heterocycles. The standard InChI is InChI=1S/C22H25ClN2O5/c1-6-7-14-12-15(23)17(16(13-14)28-5)18-19(26)24-8-10-29-11-9-25(24)20(18)30-21(27)22(2,3)4/h12-13H,8-11H2,1-5H3. The number of methoxy groups -OCH3 is 1. The normalized spacial score (nSPS) is 13.7. The largest absolute Gasteiger partial charge is 0.496 e. The summed E-state index contributed by atoms with van der Waals surface area (Å²) in [6, 6.07) is 3.38. The number of carbonyl (C=O) groups is 1. The molecule has 0 spiro atoms. The molecule has 0 fully saturated rings. The summed E-state index contributed by atoms with van der Waals surface area (Å²) < 4.78 is 20.0. The van der Waals surface area contributed by atoms with Gasteiger partial charge in [-0.15, -0.1) is 5.92 Å². The molecule has 30 heavy (non-hydrogen) atoms. The number of ether oxygens (including phenoxy) is 3. The number of carbonyl (C=O) groups excluding carboxylic acids is 1. The van der Waals surface area contributed by atoms with Crippen LogP contribution in [-0.2, 0) is 22.6 Å². The Balaban J connectivity index is 2.31. The van der Waals surface area contributed by atoms with Crippen molar-refractivity contribution in [1.29, 1.82) is 0 Å². The number of fused-ring (bicyclic) bond motifs is 1. The maximum absolute atomic E-state index is 13.4. The van der Waals surface area contributed by atoms with Crippen LogP contribution >= 0.6 is 11.6 Å². The molecule has 2 aromatic rings. The third-order valence-electron chi connectivity index (χ3n) is 4.68. The van der Waals surface area contributed by atoms with Gasteiger partial charge >= 0.3 is 5.97 Å². The summed E-state index contributed by atoms with van der Waals surface area (Å²) >= 11 is 6.58. The molecule has 1 aromatic carbocycles. The lowest BCUT2D eigenvalue weighted by molar-refractivity contribution is -0.143. The summed E-state index contributed by atoms with van der Waals surface area (Å²) in [6.45, 7) is 8.44. The Morgan fingerprint density at radius 1 is 1.17 bits per heavy atom. The number of esters is 1. The number of nitrogens with zero attached hydrogens (tertiary/aromatic N) is 2. The molecular formula is C22H25ClN2O5. The molecule has 3 rings (SSSR count). The molecule has 0 unspecified atom stereocenters. The van der Waals surface area contributed by atoms with Gasteiger partial charge in [0.15, 0.2) is 0 Å². The van der Waals surface area contributed by atoms with Gasteiger partial charge in [-0.3, -0.25) is 9.59 Å². The van der Waals surface area contributed by atoms with E-state index in [-0.39, 0.29) is 22.0 Å². The minimum atomic E-state index is -0.759. The lowest BCUT2D eigenvalue weighted by Crippen LogP contribution is -2.27. The second-order valence-corrected chi connectivity index (χ2v) is 8.30. The number of hydrogen-bond acceptors (Lipinski definition) is 5. The molecule has 0 amide bonds. The summed E-state index contributed by atoms with van der Waals surface area (Å²) in [7, 11) is 1.49. The van der Waals surface area contributed by atoms with Gasteiger partial charge < -0.3 is 14.2 Å². The molecule has 7 nitrogen and oxygen atoms in total. The molecule has 1 aromatic heterocycles. The number of benzene rings is 1. The Morgan fingerprint density at radius 2 is 1.83 bits per heavy atom. The van der Waals surface area contributed by atoms with E-state index in [0.29, 0.717) is 43.2 Å². The van der Waals surface area contributed by atoms with Crippen molar-refractivity contribution in [2.24, 2.45) is 5.41 Å². The van der Waals surface area contributed by atoms with Crippen molar-refractivity contribution >= 4 is 17.6 Å². The van der Waals surface area contributed by atoms with Gasteiger partial charge in [0.05, 0.1) is 49.4 Å². The second-order valence-electron chi connectivity index (χ2n) is 7.89. The topological polar surface area (TPSA) is 71.7 Å². The fraction of sp³-hybridized carbons (Fsp3) is 0.455. The van der Waals surface area contributed by atoms with Gasteiger partial charge in [0.1, 0.15) is 11.3 Å². The van der Waals surface area contributed by atoms with Gasteiger partial charge in [-0.1, -0.05) is 17.5 Å². The Morgan fingerprint density at radius 3 is 2.43 bits per heavy atom. The smallest absolute Gasteiger partial charge is 0.317 e. The second kappa shape index (κ2) is 8.58. The summed E-state index contributed by atoms with van der Waals surface area (Å²) in [5, 5.41) is 0.287. The van der Waals surface area contributed by atoms with Crippen molar-refractivity contribution in [2.75, 3.05) is 20.3 Å². The van der Waals surface area contributed by atoms with E-state index in [4.69, 9.17) is 25.8 Å². The van der Waals surface area contributed by atoms with Crippen molar-refractivity contribution in [3.8, 4) is 34.6 Å². The van der Waals surface area contributed by atoms with E-state index < -0.39 is 11.4 Å². The van der Waals surface area contributed by atoms with Crippen LogP contribution in [0.1, 0.15) is 33.3 Å². The predicted octanol–water partition coefficient (Wildman–Crippen LogP) is 3.33. The average Bonchev–Trinajstić information content (AvgIpc) is 2.84. The number of halogens is 1. The van der Waals surface area contributed by atoms with Crippen molar-refractivity contribution in [3.63, 3.8) is 0 Å². The Kier molecular flexibility index (Phi) is 6.30. The zero-order valence-corrected chi connectivity index (χ0v) is 18.6. The summed E-state index contributed by atoms with van der Waals surface area (Å²) in [5.74, 6) is 5.81. The molecule has 160 valence electrons. The Bertz CT molecular complexity index is 1100. The Labute approximate surface area is 180 Å². The van der Waals surface area contributed by atoms with Crippen LogP contribution in [-0.4, -0.2) is 35.7 Å². The third kappa shape index (κ3) is 4.11. The predicted molar refractivity (Wildman–Crippen MR) is 114 cm³/mol. The lowest BCUT2D eigenvalue weighted by Gasteiger charge is -2.19. The number of aromatic nitrogens is 2. The minimum Gasteiger partial charge on any atom is -0.496 e. The van der Waals surface area contributed by atoms with Crippen LogP contribution in [0.4, 0.5) is 0 Å². The zero-order chi connectivity index (χ0) is 22.1. The highest BCUT2D eigenvalue weighted by Crippen LogP contribution is 2.41. The highest BCUT2D eigenvalue weighted by Gasteiger charge is 2.32. The van der Waals surface area contributed by atoms with Crippen molar-refractivity contribution in [2.45, 2.75) is 40.8 Å². The monoisotopic (exact) mass is 432 g/mol. The highest BCUT2D eigenvalue weighted by molar-refractivity contribution is 6.34. The Hall–Kier alpha value is -2.69. The van der Waals surface area contributed by atoms with Gasteiger partial charge in [0.2, 0.25) is 5.88 Å². The lowest BCUT2D eigenvalue weighted by atomic mass is 9.97. The SMILES string of the molecule is CC#Cc1cc(Cl)c(-c2c(OC(=O)C(C)(C)C)n3n(c2=O)CCOCC3)c(OC)c1. The van der Waals surface area contributed by atoms with Crippen LogP contribution < -0.4 is 15.0 Å². The van der Waals surface area contributed by atoms with Gasteiger partial charge in [0, 0.05) is 5.56 Å². The number of rotatable bonds is 3. The maximum atomic E-state index is 13.4. The van der Waals surface area contributed by atoms with Crippen LogP contribution in [0.3, 0.4) is 0 Å². The first-order valence-electron chi connectivity index (χ1n) is 9.63. The summed E-state index contributed by atoms with van der Waals surface area (Å²) in [4.78, 5) is 26.1. The highest BCUT2D eigenvalue weighted by atomic mass is 35.5. The molecule has 0 N–H and O–H groups in total. The molecule has 0 radical (unpaired) electrons. The molecular weight excluding hydrogens is 408 g/mol. The third-order valence-corrected chi connectivity index (χ3v) is 4.98. The van der Waals surface area contributed by atoms with Gasteiger partial charge in [0.25, 0.3) is 5.56 Å². The van der Waals surface area contributed by atoms with E-state index in [1.54, 1.807) is 44.5 Å². The first kappa shape index (κ1) is 22.0. The summed E-state index contributed by atoms with van der Waals surface area (Å²) in [5.41, 5.74) is 0.131. The molecule has 1 aliphatic heterocycles. The molecule has 8 heteroatoms. The molecule has 0 bridgehead atoms. The average molecular weight is 433 g/mol. The van der Waals surface area contributed by atoms with E-state index in [1.807, 2.05) is 0 Å². The first-order chi connectivity index (χ1) is 14.2. The van der Waals surface area contributed by atoms with Gasteiger partial charge in [-0.05, 0) is 39.8 Å². The molecule has 0 atom stereocenters. The fourth-order valence-corrected chi connectivity index (χ4v) is 3.48. The van der Waals surface area contributed by atoms with Gasteiger partial charge in [-0.2, -0.15) is 0 Å². The van der Waals surface area contributed by atoms with E-state index in [0.717, 1.165) is 0 Å². The first-order valence-corrected chi connectivity index (χ1v) is 10.0. The van der Waals surface area contributed by atoms with E-state index in [1.165, 1.54) is 11.8 Å². The molecule has 2 heterocycles. The zero-order valence-electron chi connectivity index (χ0n) is 17.8. The van der Waals surface area contributed by atoms with Gasteiger partial charge in [-0.25, -0.2) is 9.36 Å². The van der Waals surface area contributed by atoms with Crippen molar-refractivity contribution in [1.82, 2.24) is 9.36 Å². The van der Waals surface area contributed by atoms with Crippen LogP contribution in [0.15, 0.2) is 16.9 Å². The van der Waals surface area contributed by atoms with Crippen LogP contribution in [0.2, 0.25) is 5.02 Å². The van der Waals surface area contributed by atoms with Crippen LogP contribution in [0.5, 0.6) is 11.6 Å². The molecule has 0 aliphatic carbocycles. The van der Waals surface area contributed by atoms with Crippen molar-refractivity contribution < 1.29 is 19.0 Å². The van der Waals surface area contributed by atoms with E-state index in [9.17, 15) is 9.59 Å². The molecule has 0 saturated carbocycles. The minimum absolute atomic E-state index is 0.139. The number of hydrogen-bond donors (Lipinski definition) is 0.